The number of fused-ring (bicyclic) bond motifs is 1. The fourth-order valence-corrected chi connectivity index (χ4v) is 8.64. The standard InChI is InChI=1S/C44H61ClN10O9S/c1-29(56)49-32-10-3-4-11-33(32)51-42-31(45)27-48-43(55-42)52-34-17-16-30(26-36(34)61-2)50-40(59)15-7-14-39(58)47-19-9-21-63-23-25-64-24-22-62-20-8-18-46-38(57)13-6-5-12-37-41-35(28-65-37)53-44(60)54-41/h3-4,10-11,16-17,26-27,35,37,41H,5-9,12-15,18-25,28H2,1-2H3,(H,46,57)(H,47,58)(H,49,56)(H,50,59)(H2,53,54,60)(H2,48,51,52,55)/t35-,37-,41-/m1/s1. The Kier molecular flexibility index (Phi) is 21.6. The molecule has 65 heavy (non-hydrogen) atoms. The van der Waals surface area contributed by atoms with Gasteiger partial charge in [0.2, 0.25) is 29.6 Å². The predicted molar refractivity (Wildman–Crippen MR) is 251 cm³/mol. The van der Waals surface area contributed by atoms with E-state index in [0.717, 1.165) is 31.4 Å². The number of unbranched alkanes of at least 4 members (excludes halogenated alkanes) is 1. The number of carbonyl (C=O) groups excluding carboxylic acids is 5. The number of methoxy groups -OCH3 is 1. The Hall–Kier alpha value is -5.41. The van der Waals surface area contributed by atoms with Crippen LogP contribution in [0.25, 0.3) is 0 Å². The summed E-state index contributed by atoms with van der Waals surface area (Å²) in [6.45, 7) is 5.25. The molecule has 0 spiro atoms. The number of urea groups is 1. The molecule has 5 rings (SSSR count). The Morgan fingerprint density at radius 3 is 2.12 bits per heavy atom. The van der Waals surface area contributed by atoms with E-state index in [2.05, 4.69) is 52.5 Å². The number of ether oxygens (including phenoxy) is 4. The first-order valence-corrected chi connectivity index (χ1v) is 23.4. The van der Waals surface area contributed by atoms with Gasteiger partial charge in [0.05, 0.1) is 68.9 Å². The van der Waals surface area contributed by atoms with Gasteiger partial charge in [-0.3, -0.25) is 19.2 Å². The number of hydrogen-bond donors (Lipinski definition) is 8. The van der Waals surface area contributed by atoms with Crippen molar-refractivity contribution in [1.29, 1.82) is 0 Å². The quantitative estimate of drug-likeness (QED) is 0.0305. The summed E-state index contributed by atoms with van der Waals surface area (Å²) in [6.07, 6.45) is 6.88. The average Bonchev–Trinajstić information content (AvgIpc) is 3.84. The minimum Gasteiger partial charge on any atom is -0.494 e. The first-order chi connectivity index (χ1) is 31.6. The number of halogens is 1. The largest absolute Gasteiger partial charge is 0.494 e. The summed E-state index contributed by atoms with van der Waals surface area (Å²) in [5, 5.41) is 24.3. The molecule has 3 aromatic rings. The van der Waals surface area contributed by atoms with Crippen LogP contribution in [0.15, 0.2) is 48.7 Å². The van der Waals surface area contributed by atoms with Crippen molar-refractivity contribution in [3.8, 4) is 5.75 Å². The predicted octanol–water partition coefficient (Wildman–Crippen LogP) is 5.48. The summed E-state index contributed by atoms with van der Waals surface area (Å²) in [4.78, 5) is 69.0. The minimum atomic E-state index is -0.240. The molecule has 2 aliphatic heterocycles. The molecule has 2 saturated heterocycles. The van der Waals surface area contributed by atoms with E-state index in [0.29, 0.717) is 112 Å². The monoisotopic (exact) mass is 940 g/mol. The van der Waals surface area contributed by atoms with E-state index >= 15 is 0 Å². The van der Waals surface area contributed by atoms with Crippen LogP contribution >= 0.6 is 23.4 Å². The third-order valence-corrected chi connectivity index (χ3v) is 12.0. The highest BCUT2D eigenvalue weighted by Gasteiger charge is 2.42. The Labute approximate surface area is 388 Å². The van der Waals surface area contributed by atoms with Gasteiger partial charge >= 0.3 is 6.03 Å². The molecule has 0 radical (unpaired) electrons. The van der Waals surface area contributed by atoms with E-state index in [1.54, 1.807) is 36.4 Å². The first kappa shape index (κ1) is 50.6. The minimum absolute atomic E-state index is 0.0569. The highest BCUT2D eigenvalue weighted by Crippen LogP contribution is 2.34. The topological polar surface area (TPSA) is 244 Å². The summed E-state index contributed by atoms with van der Waals surface area (Å²) in [6, 6.07) is 12.6. The highest BCUT2D eigenvalue weighted by atomic mass is 35.5. The molecule has 0 aliphatic carbocycles. The zero-order valence-corrected chi connectivity index (χ0v) is 38.5. The summed E-state index contributed by atoms with van der Waals surface area (Å²) < 4.78 is 22.2. The Morgan fingerprint density at radius 2 is 1.43 bits per heavy atom. The average molecular weight is 942 g/mol. The molecule has 1 aromatic heterocycles. The lowest BCUT2D eigenvalue weighted by molar-refractivity contribution is -0.122. The molecular formula is C44H61ClN10O9S. The lowest BCUT2D eigenvalue weighted by Gasteiger charge is -2.16. The summed E-state index contributed by atoms with van der Waals surface area (Å²) in [5.74, 6) is 1.38. The number of carbonyl (C=O) groups is 5. The number of hydrogen-bond acceptors (Lipinski definition) is 14. The molecule has 2 fully saturated rings. The van der Waals surface area contributed by atoms with E-state index in [1.807, 2.05) is 17.8 Å². The van der Waals surface area contributed by atoms with E-state index in [1.165, 1.54) is 20.2 Å². The number of benzene rings is 2. The van der Waals surface area contributed by atoms with Gasteiger partial charge in [0, 0.05) is 75.2 Å². The van der Waals surface area contributed by atoms with Crippen LogP contribution in [0, 0.1) is 0 Å². The van der Waals surface area contributed by atoms with Crippen LogP contribution in [-0.4, -0.2) is 123 Å². The first-order valence-electron chi connectivity index (χ1n) is 21.9. The number of para-hydroxylation sites is 2. The maximum absolute atomic E-state index is 12.7. The highest BCUT2D eigenvalue weighted by molar-refractivity contribution is 8.00. The van der Waals surface area contributed by atoms with Gasteiger partial charge in [0.1, 0.15) is 10.8 Å². The second-order valence-corrected chi connectivity index (χ2v) is 17.0. The smallest absolute Gasteiger partial charge is 0.315 e. The number of nitrogens with one attached hydrogen (secondary N) is 8. The molecule has 0 bridgehead atoms. The van der Waals surface area contributed by atoms with E-state index in [-0.39, 0.29) is 65.6 Å². The molecule has 0 saturated carbocycles. The maximum atomic E-state index is 12.7. The Bertz CT molecular complexity index is 2040. The lowest BCUT2D eigenvalue weighted by Crippen LogP contribution is -2.36. The van der Waals surface area contributed by atoms with Gasteiger partial charge in [-0.1, -0.05) is 30.2 Å². The van der Waals surface area contributed by atoms with Gasteiger partial charge in [-0.05, 0) is 56.4 Å². The van der Waals surface area contributed by atoms with Crippen molar-refractivity contribution in [1.82, 2.24) is 31.2 Å². The van der Waals surface area contributed by atoms with Crippen molar-refractivity contribution in [2.45, 2.75) is 82.0 Å². The fraction of sp³-hybridized carbons (Fsp3) is 0.523. The molecule has 3 heterocycles. The van der Waals surface area contributed by atoms with Crippen molar-refractivity contribution >= 4 is 87.5 Å². The van der Waals surface area contributed by atoms with Crippen molar-refractivity contribution in [3.05, 3.63) is 53.7 Å². The molecular weight excluding hydrogens is 880 g/mol. The number of rotatable bonds is 30. The third kappa shape index (κ3) is 18.2. The molecule has 2 aliphatic rings. The van der Waals surface area contributed by atoms with Crippen LogP contribution < -0.4 is 47.3 Å². The third-order valence-electron chi connectivity index (χ3n) is 10.2. The van der Waals surface area contributed by atoms with Crippen molar-refractivity contribution in [2.75, 3.05) is 86.9 Å². The van der Waals surface area contributed by atoms with Crippen LogP contribution in [0.5, 0.6) is 5.75 Å². The molecule has 19 nitrogen and oxygen atoms in total. The van der Waals surface area contributed by atoms with Gasteiger partial charge in [-0.15, -0.1) is 0 Å². The van der Waals surface area contributed by atoms with E-state index < -0.39 is 0 Å². The zero-order chi connectivity index (χ0) is 46.2. The van der Waals surface area contributed by atoms with Crippen molar-refractivity contribution in [3.63, 3.8) is 0 Å². The number of thioether (sulfide) groups is 1. The van der Waals surface area contributed by atoms with Crippen LogP contribution in [0.3, 0.4) is 0 Å². The molecule has 21 heteroatoms. The van der Waals surface area contributed by atoms with Crippen LogP contribution in [-0.2, 0) is 33.4 Å². The van der Waals surface area contributed by atoms with Gasteiger partial charge in [0.15, 0.2) is 5.82 Å². The number of nitrogens with zero attached hydrogens (tertiary/aromatic N) is 2. The Balaban J connectivity index is 0.824. The Morgan fingerprint density at radius 1 is 0.769 bits per heavy atom. The summed E-state index contributed by atoms with van der Waals surface area (Å²) >= 11 is 8.27. The number of anilines is 6. The molecule has 6 amide bonds. The van der Waals surface area contributed by atoms with E-state index in [4.69, 9.17) is 30.5 Å². The number of aromatic nitrogens is 2. The summed E-state index contributed by atoms with van der Waals surface area (Å²) in [5.41, 5.74) is 2.21. The van der Waals surface area contributed by atoms with Gasteiger partial charge in [0.25, 0.3) is 0 Å². The van der Waals surface area contributed by atoms with Gasteiger partial charge < -0.3 is 61.5 Å². The van der Waals surface area contributed by atoms with E-state index in [9.17, 15) is 24.0 Å². The van der Waals surface area contributed by atoms with Crippen LogP contribution in [0.1, 0.15) is 64.7 Å². The molecule has 354 valence electrons. The second-order valence-electron chi connectivity index (χ2n) is 15.3. The zero-order valence-electron chi connectivity index (χ0n) is 36.9. The molecule has 8 N–H and O–H groups in total. The van der Waals surface area contributed by atoms with Crippen molar-refractivity contribution < 1.29 is 42.9 Å². The van der Waals surface area contributed by atoms with Gasteiger partial charge in [-0.25, -0.2) is 9.78 Å². The normalized spacial score (nSPS) is 16.2. The van der Waals surface area contributed by atoms with Gasteiger partial charge in [-0.2, -0.15) is 16.7 Å². The molecule has 2 aromatic carbocycles. The molecule has 3 atom stereocenters. The van der Waals surface area contributed by atoms with Crippen molar-refractivity contribution in [2.24, 2.45) is 0 Å². The second kappa shape index (κ2) is 27.8. The fourth-order valence-electron chi connectivity index (χ4n) is 6.96. The maximum Gasteiger partial charge on any atom is 0.315 e. The number of amides is 6. The van der Waals surface area contributed by atoms with Crippen LogP contribution in [0.4, 0.5) is 39.3 Å². The SMILES string of the molecule is COc1cc(NC(=O)CCCC(=O)NCCCOCCOCCOCCCNC(=O)CCCC[C@H]2SC[C@H]3NC(=O)N[C@H]32)ccc1Nc1ncc(Cl)c(Nc2ccccc2NC(C)=O)n1. The lowest BCUT2D eigenvalue weighted by atomic mass is 10.0. The van der Waals surface area contributed by atoms with Crippen LogP contribution in [0.2, 0.25) is 5.02 Å². The molecule has 0 unspecified atom stereocenters. The summed E-state index contributed by atoms with van der Waals surface area (Å²) in [7, 11) is 1.50.